The molecule has 0 saturated carbocycles. The SMILES string of the molecule is COCCOC(=O)Nc1ccc2c(c1)NCCCCCC(NC(=O)/C=C/c1cc(Cl)ccc1N(N)/C=N\N)c1nc-2c(C(=O)OC)[nH]1. The number of halogens is 1. The molecule has 250 valence electrons. The van der Waals surface area contributed by atoms with Gasteiger partial charge in [-0.15, -0.1) is 0 Å². The van der Waals surface area contributed by atoms with Crippen LogP contribution in [0, 0.1) is 0 Å². The van der Waals surface area contributed by atoms with E-state index in [2.05, 4.69) is 26.0 Å². The van der Waals surface area contributed by atoms with Gasteiger partial charge in [0.25, 0.3) is 0 Å². The molecule has 1 aromatic heterocycles. The first-order valence-electron chi connectivity index (χ1n) is 14.8. The number of H-pyrrole nitrogens is 1. The third-order valence-corrected chi connectivity index (χ3v) is 7.39. The minimum atomic E-state index is -0.630. The molecule has 0 fully saturated rings. The number of hydrogen-bond donors (Lipinski definition) is 6. The predicted molar refractivity (Wildman–Crippen MR) is 180 cm³/mol. The van der Waals surface area contributed by atoms with E-state index in [1.54, 1.807) is 42.5 Å². The summed E-state index contributed by atoms with van der Waals surface area (Å²) in [6.45, 7) is 0.999. The van der Waals surface area contributed by atoms with Crippen LogP contribution in [0.1, 0.15) is 53.6 Å². The molecule has 8 N–H and O–H groups in total. The van der Waals surface area contributed by atoms with Crippen LogP contribution in [0.2, 0.25) is 5.02 Å². The fourth-order valence-corrected chi connectivity index (χ4v) is 5.09. The van der Waals surface area contributed by atoms with Crippen molar-refractivity contribution in [1.82, 2.24) is 15.3 Å². The van der Waals surface area contributed by atoms with Crippen molar-refractivity contribution >= 4 is 59.0 Å². The number of carbonyl (C=O) groups excluding carboxylic acids is 3. The van der Waals surface area contributed by atoms with Gasteiger partial charge in [-0.2, -0.15) is 5.10 Å². The number of imidazole rings is 1. The van der Waals surface area contributed by atoms with Crippen LogP contribution in [0.3, 0.4) is 0 Å². The number of ether oxygens (including phenoxy) is 3. The quantitative estimate of drug-likeness (QED) is 0.0344. The monoisotopic (exact) mass is 667 g/mol. The highest BCUT2D eigenvalue weighted by Gasteiger charge is 2.26. The lowest BCUT2D eigenvalue weighted by Crippen LogP contribution is -2.30. The van der Waals surface area contributed by atoms with Crippen molar-refractivity contribution in [3.8, 4) is 11.3 Å². The molecule has 2 bridgehead atoms. The number of hydrogen-bond acceptors (Lipinski definition) is 11. The Balaban J connectivity index is 1.64. The average molecular weight is 668 g/mol. The Kier molecular flexibility index (Phi) is 12.6. The number of anilines is 3. The fourth-order valence-electron chi connectivity index (χ4n) is 4.91. The third-order valence-electron chi connectivity index (χ3n) is 7.16. The molecule has 16 heteroatoms. The number of nitrogens with zero attached hydrogens (tertiary/aromatic N) is 3. The number of fused-ring (bicyclic) bond motifs is 4. The van der Waals surface area contributed by atoms with E-state index in [0.29, 0.717) is 57.7 Å². The number of hydrazone groups is 1. The Labute approximate surface area is 276 Å². The Morgan fingerprint density at radius 3 is 2.74 bits per heavy atom. The van der Waals surface area contributed by atoms with Crippen molar-refractivity contribution in [2.24, 2.45) is 16.8 Å². The van der Waals surface area contributed by atoms with E-state index in [0.717, 1.165) is 19.3 Å². The highest BCUT2D eigenvalue weighted by Crippen LogP contribution is 2.34. The maximum absolute atomic E-state index is 13.2. The molecule has 1 unspecified atom stereocenters. The molecule has 47 heavy (non-hydrogen) atoms. The number of rotatable bonds is 10. The largest absolute Gasteiger partial charge is 0.464 e. The minimum Gasteiger partial charge on any atom is -0.464 e. The first-order chi connectivity index (χ1) is 22.7. The van der Waals surface area contributed by atoms with Crippen LogP contribution in [0.5, 0.6) is 0 Å². The van der Waals surface area contributed by atoms with Gasteiger partial charge in [0, 0.05) is 47.3 Å². The molecule has 3 aromatic rings. The van der Waals surface area contributed by atoms with Crippen molar-refractivity contribution in [2.75, 3.05) is 49.6 Å². The third kappa shape index (κ3) is 9.45. The van der Waals surface area contributed by atoms with E-state index >= 15 is 0 Å². The number of aromatic amines is 1. The number of benzene rings is 2. The molecule has 0 spiro atoms. The van der Waals surface area contributed by atoms with Gasteiger partial charge in [-0.3, -0.25) is 15.1 Å². The van der Waals surface area contributed by atoms with Crippen LogP contribution >= 0.6 is 11.6 Å². The average Bonchev–Trinajstić information content (AvgIpc) is 3.49. The van der Waals surface area contributed by atoms with Crippen molar-refractivity contribution < 1.29 is 28.6 Å². The highest BCUT2D eigenvalue weighted by molar-refractivity contribution is 6.30. The summed E-state index contributed by atoms with van der Waals surface area (Å²) in [6, 6.07) is 9.57. The maximum atomic E-state index is 13.2. The number of aromatic nitrogens is 2. The van der Waals surface area contributed by atoms with Crippen LogP contribution in [0.15, 0.2) is 47.6 Å². The number of nitrogens with one attached hydrogen (secondary N) is 4. The van der Waals surface area contributed by atoms with Crippen LogP contribution in [-0.2, 0) is 19.0 Å². The molecule has 1 aliphatic rings. The van der Waals surface area contributed by atoms with Crippen molar-refractivity contribution in [2.45, 2.75) is 31.7 Å². The lowest BCUT2D eigenvalue weighted by atomic mass is 10.0. The summed E-state index contributed by atoms with van der Waals surface area (Å²) in [4.78, 5) is 46.3. The molecule has 0 saturated heterocycles. The minimum absolute atomic E-state index is 0.107. The Morgan fingerprint density at radius 1 is 1.15 bits per heavy atom. The van der Waals surface area contributed by atoms with Crippen LogP contribution in [0.4, 0.5) is 21.9 Å². The van der Waals surface area contributed by atoms with Gasteiger partial charge in [-0.1, -0.05) is 24.4 Å². The van der Waals surface area contributed by atoms with Gasteiger partial charge >= 0.3 is 12.1 Å². The highest BCUT2D eigenvalue weighted by atomic mass is 35.5. The van der Waals surface area contributed by atoms with E-state index < -0.39 is 24.0 Å². The summed E-state index contributed by atoms with van der Waals surface area (Å²) < 4.78 is 15.1. The second-order valence-electron chi connectivity index (χ2n) is 10.4. The van der Waals surface area contributed by atoms with Crippen molar-refractivity contribution in [3.63, 3.8) is 0 Å². The first kappa shape index (κ1) is 34.7. The summed E-state index contributed by atoms with van der Waals surface area (Å²) in [5.74, 6) is 10.6. The molecule has 4 rings (SSSR count). The number of hydrazine groups is 1. The normalized spacial score (nSPS) is 14.8. The number of methoxy groups -OCH3 is 2. The van der Waals surface area contributed by atoms with Gasteiger partial charge in [0.1, 0.15) is 24.5 Å². The first-order valence-corrected chi connectivity index (χ1v) is 15.2. The molecule has 2 aromatic carbocycles. The lowest BCUT2D eigenvalue weighted by Gasteiger charge is -2.18. The van der Waals surface area contributed by atoms with E-state index in [4.69, 9.17) is 42.5 Å². The molecule has 2 heterocycles. The Bertz CT molecular complexity index is 1630. The van der Waals surface area contributed by atoms with E-state index in [-0.39, 0.29) is 18.9 Å². The van der Waals surface area contributed by atoms with Crippen LogP contribution in [-0.4, -0.2) is 68.3 Å². The fraction of sp³-hybridized carbons (Fsp3) is 0.323. The van der Waals surface area contributed by atoms with Gasteiger partial charge in [0.15, 0.2) is 5.69 Å². The number of esters is 1. The van der Waals surface area contributed by atoms with Gasteiger partial charge in [-0.25, -0.2) is 20.4 Å². The maximum Gasteiger partial charge on any atom is 0.411 e. The Morgan fingerprint density at radius 2 is 1.98 bits per heavy atom. The molecular formula is C31H38ClN9O6. The summed E-state index contributed by atoms with van der Waals surface area (Å²) >= 11 is 6.19. The smallest absolute Gasteiger partial charge is 0.411 e. The van der Waals surface area contributed by atoms with E-state index in [9.17, 15) is 14.4 Å². The van der Waals surface area contributed by atoms with Crippen LogP contribution in [0.25, 0.3) is 17.3 Å². The molecule has 2 amide bonds. The van der Waals surface area contributed by atoms with Gasteiger partial charge < -0.3 is 35.7 Å². The Hall–Kier alpha value is -5.12. The van der Waals surface area contributed by atoms with Crippen molar-refractivity contribution in [3.05, 3.63) is 64.6 Å². The summed E-state index contributed by atoms with van der Waals surface area (Å²) in [7, 11) is 2.79. The number of carbonyl (C=O) groups is 3. The zero-order chi connectivity index (χ0) is 33.8. The van der Waals surface area contributed by atoms with Gasteiger partial charge in [0.2, 0.25) is 5.91 Å². The van der Waals surface area contributed by atoms with E-state index in [1.165, 1.54) is 31.6 Å². The van der Waals surface area contributed by atoms with Crippen molar-refractivity contribution in [1.29, 1.82) is 0 Å². The molecule has 15 nitrogen and oxygen atoms in total. The number of nitrogens with two attached hydrogens (primary N) is 2. The predicted octanol–water partition coefficient (Wildman–Crippen LogP) is 4.15. The zero-order valence-electron chi connectivity index (χ0n) is 26.0. The molecule has 1 aliphatic heterocycles. The zero-order valence-corrected chi connectivity index (χ0v) is 26.8. The summed E-state index contributed by atoms with van der Waals surface area (Å²) in [6.07, 6.45) is 6.54. The molecular weight excluding hydrogens is 630 g/mol. The lowest BCUT2D eigenvalue weighted by molar-refractivity contribution is -0.117. The second-order valence-corrected chi connectivity index (χ2v) is 10.8. The standard InChI is InChI=1S/C31H38ClN9O6/c1-45-14-15-47-31(44)37-21-9-10-22-24(17-21)35-13-5-3-4-6-23(29-39-27(22)28(40-29)30(43)46-2)38-26(42)12-7-19-16-20(32)8-11-25(19)41(34)18-36-33/h7-12,16-18,23,35H,3-6,13-15,33-34H2,1-2H3,(H,37,44)(H,38,42)(H,39,40)/b12-7+,36-18-. The van der Waals surface area contributed by atoms with Crippen LogP contribution < -0.4 is 32.6 Å². The molecule has 0 aliphatic carbocycles. The molecule has 0 radical (unpaired) electrons. The van der Waals surface area contributed by atoms with E-state index in [1.807, 2.05) is 0 Å². The number of amides is 2. The summed E-state index contributed by atoms with van der Waals surface area (Å²) in [5, 5.41) is 14.2. The van der Waals surface area contributed by atoms with Gasteiger partial charge in [-0.05, 0) is 55.3 Å². The van der Waals surface area contributed by atoms with Gasteiger partial charge in [0.05, 0.1) is 25.4 Å². The summed E-state index contributed by atoms with van der Waals surface area (Å²) in [5.41, 5.74) is 3.23. The molecule has 1 atom stereocenters. The second kappa shape index (κ2) is 17.0. The topological polar surface area (TPSA) is 211 Å².